The third kappa shape index (κ3) is 3.84. The zero-order valence-corrected chi connectivity index (χ0v) is 20.6. The molecule has 0 aliphatic carbocycles. The van der Waals surface area contributed by atoms with E-state index in [1.54, 1.807) is 27.6 Å². The van der Waals surface area contributed by atoms with Crippen molar-refractivity contribution in [3.8, 4) is 5.13 Å². The number of fused-ring (bicyclic) bond motifs is 2. The number of rotatable bonds is 5. The van der Waals surface area contributed by atoms with E-state index < -0.39 is 0 Å². The molecule has 1 aliphatic heterocycles. The van der Waals surface area contributed by atoms with Gasteiger partial charge in [0, 0.05) is 18.3 Å². The summed E-state index contributed by atoms with van der Waals surface area (Å²) >= 11 is 1.50. The molecule has 1 aromatic carbocycles. The fourth-order valence-corrected chi connectivity index (χ4v) is 6.08. The summed E-state index contributed by atoms with van der Waals surface area (Å²) < 4.78 is 11.8. The topological polar surface area (TPSA) is 78.2 Å². The molecule has 4 aromatic heterocycles. The molecular weight excluding hydrogens is 462 g/mol. The van der Waals surface area contributed by atoms with E-state index >= 15 is 0 Å². The van der Waals surface area contributed by atoms with E-state index in [1.807, 2.05) is 41.9 Å². The van der Waals surface area contributed by atoms with Crippen LogP contribution < -0.4 is 11.1 Å². The normalized spacial score (nSPS) is 15.5. The van der Waals surface area contributed by atoms with Gasteiger partial charge >= 0.3 is 0 Å². The second-order valence-corrected chi connectivity index (χ2v) is 10.4. The van der Waals surface area contributed by atoms with Gasteiger partial charge in [0.05, 0.1) is 33.9 Å². The second-order valence-electron chi connectivity index (χ2n) is 9.40. The molecule has 0 amide bonds. The van der Waals surface area contributed by atoms with Gasteiger partial charge in [-0.15, -0.1) is 0 Å². The summed E-state index contributed by atoms with van der Waals surface area (Å²) in [4.78, 5) is 34.3. The Kier molecular flexibility index (Phi) is 5.46. The summed E-state index contributed by atoms with van der Waals surface area (Å²) in [6, 6.07) is 13.1. The van der Waals surface area contributed by atoms with Crippen molar-refractivity contribution in [3.63, 3.8) is 0 Å². The van der Waals surface area contributed by atoms with E-state index in [0.717, 1.165) is 36.1 Å². The number of aromatic nitrogens is 4. The van der Waals surface area contributed by atoms with Gasteiger partial charge in [-0.2, -0.15) is 4.68 Å². The maximum absolute atomic E-state index is 14.0. The van der Waals surface area contributed by atoms with Crippen LogP contribution in [0, 0.1) is 12.8 Å². The van der Waals surface area contributed by atoms with Crippen molar-refractivity contribution in [2.75, 3.05) is 20.1 Å². The lowest BCUT2D eigenvalue weighted by atomic mass is 9.97. The molecule has 0 saturated carbocycles. The largest absolute Gasteiger partial charge is 0.467 e. The summed E-state index contributed by atoms with van der Waals surface area (Å²) in [7, 11) is 2.14. The van der Waals surface area contributed by atoms with Crippen LogP contribution in [0.4, 0.5) is 0 Å². The number of thiazole rings is 1. The summed E-state index contributed by atoms with van der Waals surface area (Å²) in [5, 5.41) is 1.19. The van der Waals surface area contributed by atoms with Crippen LogP contribution in [0.2, 0.25) is 0 Å². The van der Waals surface area contributed by atoms with Gasteiger partial charge in [0.1, 0.15) is 5.76 Å². The quantitative estimate of drug-likeness (QED) is 0.375. The number of hydrogen-bond donors (Lipinski definition) is 0. The molecule has 0 bridgehead atoms. The highest BCUT2D eigenvalue weighted by Crippen LogP contribution is 2.27. The Morgan fingerprint density at radius 3 is 2.66 bits per heavy atom. The van der Waals surface area contributed by atoms with Crippen LogP contribution in [0.5, 0.6) is 0 Å². The molecule has 0 spiro atoms. The van der Waals surface area contributed by atoms with Gasteiger partial charge in [-0.25, -0.2) is 4.98 Å². The van der Waals surface area contributed by atoms with Gasteiger partial charge in [-0.3, -0.25) is 14.3 Å². The maximum atomic E-state index is 14.0. The molecule has 1 aliphatic rings. The first-order valence-corrected chi connectivity index (χ1v) is 12.7. The van der Waals surface area contributed by atoms with E-state index in [1.165, 1.54) is 11.3 Å². The number of aryl methyl sites for hydroxylation is 1. The number of furan rings is 1. The van der Waals surface area contributed by atoms with Crippen LogP contribution in [0.25, 0.3) is 26.3 Å². The zero-order valence-electron chi connectivity index (χ0n) is 19.8. The van der Waals surface area contributed by atoms with Gasteiger partial charge in [0.15, 0.2) is 0 Å². The molecule has 5 aromatic rings. The van der Waals surface area contributed by atoms with Crippen LogP contribution in [0.1, 0.15) is 24.3 Å². The Balaban J connectivity index is 1.56. The molecule has 0 atom stereocenters. The molecule has 0 radical (unpaired) electrons. The fourth-order valence-electron chi connectivity index (χ4n) is 5.11. The van der Waals surface area contributed by atoms with Gasteiger partial charge in [0.25, 0.3) is 11.1 Å². The van der Waals surface area contributed by atoms with Crippen molar-refractivity contribution in [1.29, 1.82) is 0 Å². The Hall–Kier alpha value is -3.43. The van der Waals surface area contributed by atoms with Crippen LogP contribution in [0.3, 0.4) is 0 Å². The maximum Gasteiger partial charge on any atom is 0.283 e. The molecular formula is C26H27N5O3S. The van der Waals surface area contributed by atoms with Crippen LogP contribution in [0.15, 0.2) is 62.7 Å². The van der Waals surface area contributed by atoms with Crippen molar-refractivity contribution in [1.82, 2.24) is 23.8 Å². The standard InChI is InChI=1S/C26H27N5O3S/c1-17-24-21(14-23(32)29(17)16-19-6-5-13-34-19)30(15-18-9-11-28(2)12-10-18)31(25(24)33)26-27-20-7-3-4-8-22(20)35-26/h3-8,13-14,18H,9-12,15-16H2,1-2H3. The fraction of sp³-hybridized carbons (Fsp3) is 0.346. The predicted molar refractivity (Wildman–Crippen MR) is 138 cm³/mol. The Morgan fingerprint density at radius 1 is 1.11 bits per heavy atom. The molecule has 35 heavy (non-hydrogen) atoms. The molecule has 9 heteroatoms. The number of pyridine rings is 1. The Morgan fingerprint density at radius 2 is 1.91 bits per heavy atom. The van der Waals surface area contributed by atoms with E-state index in [0.29, 0.717) is 40.0 Å². The van der Waals surface area contributed by atoms with E-state index in [9.17, 15) is 9.59 Å². The van der Waals surface area contributed by atoms with Crippen molar-refractivity contribution in [2.24, 2.45) is 5.92 Å². The highest BCUT2D eigenvalue weighted by Gasteiger charge is 2.25. The second kappa shape index (κ2) is 8.66. The molecule has 180 valence electrons. The highest BCUT2D eigenvalue weighted by atomic mass is 32.1. The molecule has 5 heterocycles. The monoisotopic (exact) mass is 489 g/mol. The van der Waals surface area contributed by atoms with Crippen LogP contribution in [-0.4, -0.2) is 44.0 Å². The SMILES string of the molecule is Cc1c2c(=O)n(-c3nc4ccccc4s3)n(CC3CCN(C)CC3)c2cc(=O)n1Cc1ccco1. The minimum Gasteiger partial charge on any atom is -0.467 e. The molecule has 1 saturated heterocycles. The zero-order chi connectivity index (χ0) is 24.1. The van der Waals surface area contributed by atoms with Gasteiger partial charge in [-0.1, -0.05) is 23.5 Å². The van der Waals surface area contributed by atoms with E-state index in [4.69, 9.17) is 9.40 Å². The van der Waals surface area contributed by atoms with Crippen molar-refractivity contribution >= 4 is 32.5 Å². The van der Waals surface area contributed by atoms with E-state index in [-0.39, 0.29) is 17.7 Å². The molecule has 1 fully saturated rings. The number of nitrogens with zero attached hydrogens (tertiary/aromatic N) is 5. The summed E-state index contributed by atoms with van der Waals surface area (Å²) in [6.45, 7) is 4.86. The average Bonchev–Trinajstić information content (AvgIpc) is 3.56. The van der Waals surface area contributed by atoms with Crippen molar-refractivity contribution in [3.05, 3.63) is 80.9 Å². The minimum absolute atomic E-state index is 0.141. The summed E-state index contributed by atoms with van der Waals surface area (Å²) in [5.74, 6) is 1.10. The van der Waals surface area contributed by atoms with Crippen LogP contribution >= 0.6 is 11.3 Å². The first kappa shape index (κ1) is 22.1. The van der Waals surface area contributed by atoms with Crippen molar-refractivity contribution < 1.29 is 4.42 Å². The Labute approximate surface area is 205 Å². The summed E-state index contributed by atoms with van der Waals surface area (Å²) in [5.41, 5.74) is 1.89. The first-order valence-electron chi connectivity index (χ1n) is 11.9. The number of para-hydroxylation sites is 1. The van der Waals surface area contributed by atoms with Gasteiger partial charge in [0.2, 0.25) is 5.13 Å². The van der Waals surface area contributed by atoms with Gasteiger partial charge in [-0.05, 0) is 70.1 Å². The predicted octanol–water partition coefficient (Wildman–Crippen LogP) is 3.86. The summed E-state index contributed by atoms with van der Waals surface area (Å²) in [6.07, 6.45) is 3.70. The average molecular weight is 490 g/mol. The smallest absolute Gasteiger partial charge is 0.283 e. The molecule has 8 nitrogen and oxygen atoms in total. The first-order chi connectivity index (χ1) is 17.0. The molecule has 6 rings (SSSR count). The van der Waals surface area contributed by atoms with Crippen molar-refractivity contribution in [2.45, 2.75) is 32.9 Å². The lowest BCUT2D eigenvalue weighted by Gasteiger charge is -2.29. The number of likely N-dealkylation sites (tertiary alicyclic amines) is 1. The highest BCUT2D eigenvalue weighted by molar-refractivity contribution is 7.20. The van der Waals surface area contributed by atoms with Gasteiger partial charge < -0.3 is 13.9 Å². The minimum atomic E-state index is -0.148. The third-order valence-corrected chi connectivity index (χ3v) is 8.11. The number of benzene rings is 1. The van der Waals surface area contributed by atoms with Crippen LogP contribution in [-0.2, 0) is 13.1 Å². The number of hydrogen-bond acceptors (Lipinski definition) is 6. The number of piperidine rings is 1. The lowest BCUT2D eigenvalue weighted by molar-refractivity contribution is 0.200. The lowest BCUT2D eigenvalue weighted by Crippen LogP contribution is -2.33. The molecule has 0 unspecified atom stereocenters. The Bertz CT molecular complexity index is 1600. The third-order valence-electron chi connectivity index (χ3n) is 7.10. The van der Waals surface area contributed by atoms with E-state index in [2.05, 4.69) is 11.9 Å². The molecule has 0 N–H and O–H groups in total.